The van der Waals surface area contributed by atoms with Gasteiger partial charge in [0.05, 0.1) is 0 Å². The average Bonchev–Trinajstić information content (AvgIpc) is 2.18. The van der Waals surface area contributed by atoms with E-state index in [0.717, 1.165) is 18.5 Å². The molecule has 1 nitrogen and oxygen atoms in total. The molecule has 0 fully saturated rings. The largest absolute Gasteiger partial charge is 0.258 e. The van der Waals surface area contributed by atoms with Gasteiger partial charge in [-0.3, -0.25) is 4.98 Å². The van der Waals surface area contributed by atoms with E-state index in [0.29, 0.717) is 0 Å². The van der Waals surface area contributed by atoms with Crippen LogP contribution in [0.15, 0.2) is 30.3 Å². The number of aryl methyl sites for hydroxylation is 2. The van der Waals surface area contributed by atoms with Gasteiger partial charge in [-0.25, -0.2) is 0 Å². The summed E-state index contributed by atoms with van der Waals surface area (Å²) in [5.74, 6) is 0. The van der Waals surface area contributed by atoms with Crippen molar-refractivity contribution in [3.8, 4) is 0 Å². The van der Waals surface area contributed by atoms with Crippen molar-refractivity contribution >= 4 is 10.8 Å². The Morgan fingerprint density at radius 3 is 2.79 bits per heavy atom. The Kier molecular flexibility index (Phi) is 2.49. The summed E-state index contributed by atoms with van der Waals surface area (Å²) >= 11 is 0. The molecule has 0 bridgehead atoms. The second-order valence-electron chi connectivity index (χ2n) is 3.68. The summed E-state index contributed by atoms with van der Waals surface area (Å²) < 4.78 is 0. The molecule has 0 unspecified atom stereocenters. The van der Waals surface area contributed by atoms with Crippen LogP contribution in [0.25, 0.3) is 10.8 Å². The van der Waals surface area contributed by atoms with E-state index in [-0.39, 0.29) is 0 Å². The minimum atomic E-state index is 1.07. The first-order valence-electron chi connectivity index (χ1n) is 5.16. The molecule has 1 aromatic heterocycles. The Morgan fingerprint density at radius 1 is 1.21 bits per heavy atom. The lowest BCUT2D eigenvalue weighted by molar-refractivity contribution is 0.885. The van der Waals surface area contributed by atoms with E-state index in [2.05, 4.69) is 49.2 Å². The third-order valence-corrected chi connectivity index (χ3v) is 2.43. The SMILES string of the molecule is CCCc1nc(C)cc2ccccc12. The highest BCUT2D eigenvalue weighted by Crippen LogP contribution is 2.19. The molecule has 1 aromatic carbocycles. The van der Waals surface area contributed by atoms with Gasteiger partial charge in [0.1, 0.15) is 0 Å². The smallest absolute Gasteiger partial charge is 0.0484 e. The zero-order chi connectivity index (χ0) is 9.97. The topological polar surface area (TPSA) is 12.9 Å². The molecular weight excluding hydrogens is 170 g/mol. The number of aromatic nitrogens is 1. The van der Waals surface area contributed by atoms with Crippen molar-refractivity contribution in [3.05, 3.63) is 41.7 Å². The van der Waals surface area contributed by atoms with Crippen LogP contribution in [-0.4, -0.2) is 4.98 Å². The average molecular weight is 185 g/mol. The Hall–Kier alpha value is -1.37. The summed E-state index contributed by atoms with van der Waals surface area (Å²) in [5.41, 5.74) is 2.36. The van der Waals surface area contributed by atoms with Crippen LogP contribution in [0.4, 0.5) is 0 Å². The van der Waals surface area contributed by atoms with Crippen LogP contribution in [-0.2, 0) is 6.42 Å². The summed E-state index contributed by atoms with van der Waals surface area (Å²) in [5, 5.41) is 2.61. The molecule has 1 heteroatoms. The molecule has 0 saturated carbocycles. The summed E-state index contributed by atoms with van der Waals surface area (Å²) in [6.07, 6.45) is 2.22. The lowest BCUT2D eigenvalue weighted by Crippen LogP contribution is -1.93. The van der Waals surface area contributed by atoms with E-state index in [4.69, 9.17) is 0 Å². The molecule has 0 aliphatic heterocycles. The van der Waals surface area contributed by atoms with Gasteiger partial charge in [0.2, 0.25) is 0 Å². The monoisotopic (exact) mass is 185 g/mol. The highest BCUT2D eigenvalue weighted by Gasteiger charge is 2.01. The zero-order valence-electron chi connectivity index (χ0n) is 8.75. The van der Waals surface area contributed by atoms with E-state index in [1.165, 1.54) is 16.5 Å². The van der Waals surface area contributed by atoms with Crippen molar-refractivity contribution in [2.24, 2.45) is 0 Å². The van der Waals surface area contributed by atoms with Crippen molar-refractivity contribution in [3.63, 3.8) is 0 Å². The van der Waals surface area contributed by atoms with Gasteiger partial charge >= 0.3 is 0 Å². The minimum Gasteiger partial charge on any atom is -0.258 e. The zero-order valence-corrected chi connectivity index (χ0v) is 8.75. The van der Waals surface area contributed by atoms with Crippen molar-refractivity contribution in [2.45, 2.75) is 26.7 Å². The first-order valence-corrected chi connectivity index (χ1v) is 5.16. The third-order valence-electron chi connectivity index (χ3n) is 2.43. The molecule has 1 heterocycles. The minimum absolute atomic E-state index is 1.07. The molecule has 0 radical (unpaired) electrons. The van der Waals surface area contributed by atoms with Crippen LogP contribution in [0.5, 0.6) is 0 Å². The molecule has 2 rings (SSSR count). The number of nitrogens with zero attached hydrogens (tertiary/aromatic N) is 1. The van der Waals surface area contributed by atoms with Gasteiger partial charge in [-0.15, -0.1) is 0 Å². The second-order valence-corrected chi connectivity index (χ2v) is 3.68. The summed E-state index contributed by atoms with van der Waals surface area (Å²) in [7, 11) is 0. The lowest BCUT2D eigenvalue weighted by Gasteiger charge is -2.05. The third kappa shape index (κ3) is 1.63. The summed E-state index contributed by atoms with van der Waals surface area (Å²) in [4.78, 5) is 4.59. The maximum absolute atomic E-state index is 4.59. The number of rotatable bonds is 2. The van der Waals surface area contributed by atoms with Crippen LogP contribution >= 0.6 is 0 Å². The van der Waals surface area contributed by atoms with Crippen molar-refractivity contribution in [1.29, 1.82) is 0 Å². The number of hydrogen-bond donors (Lipinski definition) is 0. The van der Waals surface area contributed by atoms with Gasteiger partial charge < -0.3 is 0 Å². The molecular formula is C13H15N. The molecule has 0 amide bonds. The first-order chi connectivity index (χ1) is 6.81. The Balaban J connectivity index is 2.67. The number of fused-ring (bicyclic) bond motifs is 1. The second kappa shape index (κ2) is 3.79. The van der Waals surface area contributed by atoms with Gasteiger partial charge in [0, 0.05) is 16.8 Å². The highest BCUT2D eigenvalue weighted by molar-refractivity contribution is 5.84. The van der Waals surface area contributed by atoms with Gasteiger partial charge in [0.25, 0.3) is 0 Å². The predicted molar refractivity (Wildman–Crippen MR) is 60.5 cm³/mol. The molecule has 0 spiro atoms. The van der Waals surface area contributed by atoms with Crippen molar-refractivity contribution in [1.82, 2.24) is 4.98 Å². The van der Waals surface area contributed by atoms with Gasteiger partial charge in [-0.1, -0.05) is 37.6 Å². The Bertz CT molecular complexity index is 446. The quantitative estimate of drug-likeness (QED) is 0.697. The van der Waals surface area contributed by atoms with Crippen LogP contribution in [0.3, 0.4) is 0 Å². The summed E-state index contributed by atoms with van der Waals surface area (Å²) in [6.45, 7) is 4.25. The van der Waals surface area contributed by atoms with E-state index < -0.39 is 0 Å². The number of pyridine rings is 1. The fourth-order valence-electron chi connectivity index (χ4n) is 1.84. The summed E-state index contributed by atoms with van der Waals surface area (Å²) in [6, 6.07) is 10.6. The maximum Gasteiger partial charge on any atom is 0.0484 e. The number of hydrogen-bond acceptors (Lipinski definition) is 1. The van der Waals surface area contributed by atoms with E-state index in [1.807, 2.05) is 0 Å². The Morgan fingerprint density at radius 2 is 2.00 bits per heavy atom. The van der Waals surface area contributed by atoms with E-state index >= 15 is 0 Å². The standard InChI is InChI=1S/C13H15N/c1-3-6-13-12-8-5-4-7-11(12)9-10(2)14-13/h4-5,7-9H,3,6H2,1-2H3. The fraction of sp³-hybridized carbons (Fsp3) is 0.308. The van der Waals surface area contributed by atoms with Crippen LogP contribution in [0, 0.1) is 6.92 Å². The molecule has 2 aromatic rings. The fourth-order valence-corrected chi connectivity index (χ4v) is 1.84. The lowest BCUT2D eigenvalue weighted by atomic mass is 10.1. The molecule has 0 atom stereocenters. The molecule has 14 heavy (non-hydrogen) atoms. The van der Waals surface area contributed by atoms with Crippen molar-refractivity contribution in [2.75, 3.05) is 0 Å². The Labute approximate surface area is 84.8 Å². The van der Waals surface area contributed by atoms with Crippen LogP contribution < -0.4 is 0 Å². The molecule has 0 aliphatic carbocycles. The van der Waals surface area contributed by atoms with Crippen LogP contribution in [0.2, 0.25) is 0 Å². The molecule has 0 N–H and O–H groups in total. The van der Waals surface area contributed by atoms with E-state index in [1.54, 1.807) is 0 Å². The van der Waals surface area contributed by atoms with Gasteiger partial charge in [-0.2, -0.15) is 0 Å². The predicted octanol–water partition coefficient (Wildman–Crippen LogP) is 3.50. The maximum atomic E-state index is 4.59. The number of benzene rings is 1. The molecule has 0 saturated heterocycles. The molecule has 0 aliphatic rings. The van der Waals surface area contributed by atoms with Gasteiger partial charge in [0.15, 0.2) is 0 Å². The van der Waals surface area contributed by atoms with Crippen LogP contribution in [0.1, 0.15) is 24.7 Å². The van der Waals surface area contributed by atoms with Crippen molar-refractivity contribution < 1.29 is 0 Å². The van der Waals surface area contributed by atoms with E-state index in [9.17, 15) is 0 Å². The van der Waals surface area contributed by atoms with Gasteiger partial charge in [-0.05, 0) is 24.8 Å². The molecule has 72 valence electrons. The normalized spacial score (nSPS) is 10.7. The highest BCUT2D eigenvalue weighted by atomic mass is 14.7. The first kappa shape index (κ1) is 9.20.